The zero-order valence-electron chi connectivity index (χ0n) is 17.7. The number of rotatable bonds is 5. The molecule has 0 saturated heterocycles. The van der Waals surface area contributed by atoms with Crippen LogP contribution < -0.4 is 15.0 Å². The summed E-state index contributed by atoms with van der Waals surface area (Å²) in [5.41, 5.74) is 2.74. The molecule has 1 N–H and O–H groups in total. The van der Waals surface area contributed by atoms with E-state index in [4.69, 9.17) is 16.3 Å². The first-order chi connectivity index (χ1) is 15.7. The van der Waals surface area contributed by atoms with E-state index in [2.05, 4.69) is 5.32 Å². The Kier molecular flexibility index (Phi) is 5.98. The first-order valence-corrected chi connectivity index (χ1v) is 10.3. The Bertz CT molecular complexity index is 1300. The number of amides is 2. The van der Waals surface area contributed by atoms with Crippen LogP contribution in [-0.2, 0) is 9.59 Å². The highest BCUT2D eigenvalue weighted by atomic mass is 35.5. The molecule has 1 aliphatic rings. The third kappa shape index (κ3) is 4.49. The molecule has 1 heterocycles. The molecule has 1 aliphatic heterocycles. The lowest BCUT2D eigenvalue weighted by Crippen LogP contribution is -2.32. The van der Waals surface area contributed by atoms with Gasteiger partial charge in [-0.2, -0.15) is 0 Å². The van der Waals surface area contributed by atoms with E-state index in [-0.39, 0.29) is 16.4 Å². The number of anilines is 2. The normalized spacial score (nSPS) is 13.5. The molecule has 3 aromatic carbocycles. The molecule has 0 saturated carbocycles. The third-order valence-corrected chi connectivity index (χ3v) is 5.39. The van der Waals surface area contributed by atoms with E-state index >= 15 is 0 Å². The van der Waals surface area contributed by atoms with Gasteiger partial charge in [0.15, 0.2) is 0 Å². The fourth-order valence-electron chi connectivity index (χ4n) is 3.34. The van der Waals surface area contributed by atoms with Gasteiger partial charge in [0, 0.05) is 5.69 Å². The van der Waals surface area contributed by atoms with Crippen molar-refractivity contribution in [1.29, 1.82) is 0 Å². The van der Waals surface area contributed by atoms with Crippen LogP contribution in [-0.4, -0.2) is 17.8 Å². The quantitative estimate of drug-likeness (QED) is 0.323. The standard InChI is InChI=1S/C25H18ClFN2O4/c1-14-3-12-20(15(2)13-14)33-25(32)16-4-8-18(9-5-16)28-22-21(26)23(30)29(24(22)31)19-10-6-17(27)7-11-19/h3-13,28H,1-2H3. The SMILES string of the molecule is Cc1ccc(OC(=O)c2ccc(NC3=C(Cl)C(=O)N(c4ccc(F)cc4)C3=O)cc2)c(C)c1. The number of benzene rings is 3. The van der Waals surface area contributed by atoms with Crippen molar-refractivity contribution in [2.75, 3.05) is 10.2 Å². The molecule has 166 valence electrons. The number of esters is 1. The highest BCUT2D eigenvalue weighted by Crippen LogP contribution is 2.30. The van der Waals surface area contributed by atoms with Gasteiger partial charge in [0.2, 0.25) is 0 Å². The van der Waals surface area contributed by atoms with Crippen LogP contribution in [0.5, 0.6) is 5.75 Å². The molecule has 0 spiro atoms. The third-order valence-electron chi connectivity index (χ3n) is 5.04. The summed E-state index contributed by atoms with van der Waals surface area (Å²) in [6, 6.07) is 16.6. The molecule has 0 aromatic heterocycles. The van der Waals surface area contributed by atoms with E-state index in [0.29, 0.717) is 17.0 Å². The summed E-state index contributed by atoms with van der Waals surface area (Å²) in [6.07, 6.45) is 0. The first kappa shape index (κ1) is 22.2. The van der Waals surface area contributed by atoms with Crippen molar-refractivity contribution >= 4 is 40.8 Å². The highest BCUT2D eigenvalue weighted by Gasteiger charge is 2.38. The minimum absolute atomic E-state index is 0.114. The molecule has 0 atom stereocenters. The molecule has 6 nitrogen and oxygen atoms in total. The van der Waals surface area contributed by atoms with Gasteiger partial charge in [-0.1, -0.05) is 29.3 Å². The van der Waals surface area contributed by atoms with Crippen LogP contribution in [0.1, 0.15) is 21.5 Å². The van der Waals surface area contributed by atoms with Crippen molar-refractivity contribution < 1.29 is 23.5 Å². The van der Waals surface area contributed by atoms with E-state index < -0.39 is 23.6 Å². The van der Waals surface area contributed by atoms with Gasteiger partial charge in [0.25, 0.3) is 11.8 Å². The number of ether oxygens (including phenoxy) is 1. The largest absolute Gasteiger partial charge is 0.423 e. The Labute approximate surface area is 194 Å². The zero-order valence-corrected chi connectivity index (χ0v) is 18.4. The Morgan fingerprint density at radius 1 is 0.939 bits per heavy atom. The summed E-state index contributed by atoms with van der Waals surface area (Å²) in [7, 11) is 0. The van der Waals surface area contributed by atoms with Crippen LogP contribution in [0.25, 0.3) is 0 Å². The van der Waals surface area contributed by atoms with Crippen molar-refractivity contribution in [1.82, 2.24) is 0 Å². The van der Waals surface area contributed by atoms with Gasteiger partial charge >= 0.3 is 5.97 Å². The average molecular weight is 465 g/mol. The summed E-state index contributed by atoms with van der Waals surface area (Å²) in [5.74, 6) is -1.94. The zero-order chi connectivity index (χ0) is 23.7. The van der Waals surface area contributed by atoms with Crippen molar-refractivity contribution in [3.63, 3.8) is 0 Å². The first-order valence-electron chi connectivity index (χ1n) is 9.95. The van der Waals surface area contributed by atoms with Crippen LogP contribution >= 0.6 is 11.6 Å². The maximum absolute atomic E-state index is 13.2. The van der Waals surface area contributed by atoms with E-state index in [1.54, 1.807) is 18.2 Å². The van der Waals surface area contributed by atoms with Gasteiger partial charge in [0.05, 0.1) is 11.3 Å². The lowest BCUT2D eigenvalue weighted by Gasteiger charge is -2.15. The average Bonchev–Trinajstić information content (AvgIpc) is 3.00. The molecule has 0 unspecified atom stereocenters. The number of hydrogen-bond donors (Lipinski definition) is 1. The molecule has 33 heavy (non-hydrogen) atoms. The van der Waals surface area contributed by atoms with Crippen molar-refractivity contribution in [3.05, 3.63) is 100.0 Å². The fourth-order valence-corrected chi connectivity index (χ4v) is 3.56. The van der Waals surface area contributed by atoms with Crippen LogP contribution in [0.2, 0.25) is 0 Å². The van der Waals surface area contributed by atoms with Gasteiger partial charge in [0.1, 0.15) is 22.3 Å². The summed E-state index contributed by atoms with van der Waals surface area (Å²) in [5, 5.41) is 2.53. The van der Waals surface area contributed by atoms with Gasteiger partial charge in [-0.15, -0.1) is 0 Å². The topological polar surface area (TPSA) is 75.7 Å². The van der Waals surface area contributed by atoms with Gasteiger partial charge in [-0.3, -0.25) is 9.59 Å². The number of aryl methyl sites for hydroxylation is 2. The van der Waals surface area contributed by atoms with E-state index in [1.807, 2.05) is 26.0 Å². The van der Waals surface area contributed by atoms with Crippen LogP contribution in [0.4, 0.5) is 15.8 Å². The number of hydrogen-bond acceptors (Lipinski definition) is 5. The predicted octanol–water partition coefficient (Wildman–Crippen LogP) is 5.10. The molecule has 3 aromatic rings. The monoisotopic (exact) mass is 464 g/mol. The second kappa shape index (κ2) is 8.88. The van der Waals surface area contributed by atoms with Crippen LogP contribution in [0.15, 0.2) is 77.5 Å². The Morgan fingerprint density at radius 3 is 2.24 bits per heavy atom. The molecule has 0 bridgehead atoms. The molecule has 0 aliphatic carbocycles. The molecular weight excluding hydrogens is 447 g/mol. The lowest BCUT2D eigenvalue weighted by atomic mass is 10.1. The fraction of sp³-hybridized carbons (Fsp3) is 0.0800. The molecular formula is C25H18ClFN2O4. The molecule has 8 heteroatoms. The predicted molar refractivity (Wildman–Crippen MR) is 123 cm³/mol. The molecule has 2 amide bonds. The Hall–Kier alpha value is -3.97. The van der Waals surface area contributed by atoms with Crippen LogP contribution in [0, 0.1) is 19.7 Å². The number of imide groups is 1. The van der Waals surface area contributed by atoms with E-state index in [9.17, 15) is 18.8 Å². The molecule has 0 radical (unpaired) electrons. The van der Waals surface area contributed by atoms with Crippen molar-refractivity contribution in [2.24, 2.45) is 0 Å². The van der Waals surface area contributed by atoms with Crippen LogP contribution in [0.3, 0.4) is 0 Å². The van der Waals surface area contributed by atoms with Gasteiger partial charge < -0.3 is 10.1 Å². The second-order valence-corrected chi connectivity index (χ2v) is 7.85. The number of carbonyl (C=O) groups excluding carboxylic acids is 3. The number of halogens is 2. The van der Waals surface area contributed by atoms with Crippen molar-refractivity contribution in [3.8, 4) is 5.75 Å². The highest BCUT2D eigenvalue weighted by molar-refractivity contribution is 6.53. The van der Waals surface area contributed by atoms with Gasteiger partial charge in [-0.25, -0.2) is 14.1 Å². The summed E-state index contributed by atoms with van der Waals surface area (Å²) in [6.45, 7) is 3.81. The summed E-state index contributed by atoms with van der Waals surface area (Å²) < 4.78 is 18.6. The smallest absolute Gasteiger partial charge is 0.343 e. The maximum atomic E-state index is 13.2. The minimum atomic E-state index is -0.718. The van der Waals surface area contributed by atoms with E-state index in [1.165, 1.54) is 24.3 Å². The lowest BCUT2D eigenvalue weighted by molar-refractivity contribution is -0.120. The number of carbonyl (C=O) groups is 3. The van der Waals surface area contributed by atoms with Crippen molar-refractivity contribution in [2.45, 2.75) is 13.8 Å². The summed E-state index contributed by atoms with van der Waals surface area (Å²) in [4.78, 5) is 38.6. The maximum Gasteiger partial charge on any atom is 0.343 e. The van der Waals surface area contributed by atoms with E-state index in [0.717, 1.165) is 28.2 Å². The Morgan fingerprint density at radius 2 is 1.61 bits per heavy atom. The molecule has 0 fully saturated rings. The molecule has 4 rings (SSSR count). The summed E-state index contributed by atoms with van der Waals surface area (Å²) >= 11 is 6.10. The number of nitrogens with zero attached hydrogens (tertiary/aromatic N) is 1. The number of nitrogens with one attached hydrogen (secondary N) is 1. The second-order valence-electron chi connectivity index (χ2n) is 7.47. The Balaban J connectivity index is 1.48. The van der Waals surface area contributed by atoms with Gasteiger partial charge in [-0.05, 0) is 74.0 Å². The minimum Gasteiger partial charge on any atom is -0.423 e.